The molecule has 3 N–H and O–H groups in total. The molecular weight excluding hydrogens is 206 g/mol. The number of rotatable bonds is 1. The summed E-state index contributed by atoms with van der Waals surface area (Å²) in [7, 11) is 0. The van der Waals surface area contributed by atoms with Gasteiger partial charge < -0.3 is 15.4 Å². The Morgan fingerprint density at radius 1 is 1.50 bits per heavy atom. The van der Waals surface area contributed by atoms with Gasteiger partial charge in [0.05, 0.1) is 16.6 Å². The zero-order valence-electron chi connectivity index (χ0n) is 8.60. The lowest BCUT2D eigenvalue weighted by Gasteiger charge is -2.02. The highest BCUT2D eigenvalue weighted by atomic mass is 16.4. The average molecular weight is 217 g/mol. The molecule has 82 valence electrons. The summed E-state index contributed by atoms with van der Waals surface area (Å²) in [6.07, 6.45) is 2.05. The number of nitrogen functional groups attached to an aromatic ring is 1. The molecule has 1 aromatic carbocycles. The first-order valence-corrected chi connectivity index (χ1v) is 5.19. The number of carbonyl (C=O) groups is 1. The van der Waals surface area contributed by atoms with Crippen LogP contribution < -0.4 is 5.73 Å². The van der Waals surface area contributed by atoms with E-state index in [0.29, 0.717) is 5.69 Å². The first kappa shape index (κ1) is 9.21. The van der Waals surface area contributed by atoms with Gasteiger partial charge in [-0.15, -0.1) is 0 Å². The molecule has 16 heavy (non-hydrogen) atoms. The Balaban J connectivity index is 2.32. The summed E-state index contributed by atoms with van der Waals surface area (Å²) in [5, 5.41) is 8.96. The average Bonchev–Trinajstić information content (AvgIpc) is 2.77. The normalized spacial score (nSPS) is 14.2. The fraction of sp³-hybridized carbons (Fsp3) is 0.273. The van der Waals surface area contributed by atoms with Crippen LogP contribution in [0.4, 0.5) is 5.69 Å². The van der Waals surface area contributed by atoms with Crippen LogP contribution >= 0.6 is 0 Å². The first-order chi connectivity index (χ1) is 7.66. The van der Waals surface area contributed by atoms with Gasteiger partial charge in [0.15, 0.2) is 0 Å². The van der Waals surface area contributed by atoms with Crippen molar-refractivity contribution >= 4 is 22.7 Å². The Bertz CT molecular complexity index is 601. The summed E-state index contributed by atoms with van der Waals surface area (Å²) in [4.78, 5) is 15.3. The smallest absolute Gasteiger partial charge is 0.337 e. The highest BCUT2D eigenvalue weighted by Crippen LogP contribution is 2.26. The Labute approximate surface area is 91.5 Å². The van der Waals surface area contributed by atoms with Crippen LogP contribution in [0.25, 0.3) is 11.0 Å². The molecule has 5 nitrogen and oxygen atoms in total. The van der Waals surface area contributed by atoms with Crippen molar-refractivity contribution in [3.8, 4) is 0 Å². The Morgan fingerprint density at radius 3 is 3.06 bits per heavy atom. The number of benzene rings is 1. The van der Waals surface area contributed by atoms with E-state index in [0.717, 1.165) is 36.2 Å². The lowest BCUT2D eigenvalue weighted by Crippen LogP contribution is -2.02. The summed E-state index contributed by atoms with van der Waals surface area (Å²) in [6.45, 7) is 0.942. The molecule has 0 saturated carbocycles. The van der Waals surface area contributed by atoms with Crippen LogP contribution in [0.1, 0.15) is 22.6 Å². The molecule has 0 radical (unpaired) electrons. The van der Waals surface area contributed by atoms with Crippen LogP contribution in [0, 0.1) is 0 Å². The van der Waals surface area contributed by atoms with Gasteiger partial charge in [-0.1, -0.05) is 0 Å². The lowest BCUT2D eigenvalue weighted by molar-refractivity contribution is 0.0698. The number of carboxylic acids is 1. The number of nitrogens with zero attached hydrogens (tertiary/aromatic N) is 2. The Morgan fingerprint density at radius 2 is 2.31 bits per heavy atom. The van der Waals surface area contributed by atoms with Gasteiger partial charge in [-0.2, -0.15) is 0 Å². The van der Waals surface area contributed by atoms with E-state index in [4.69, 9.17) is 10.8 Å². The SMILES string of the molecule is Nc1cc2c(cc1C(=O)O)nc1n2CCC1. The van der Waals surface area contributed by atoms with Gasteiger partial charge in [-0.25, -0.2) is 9.78 Å². The molecule has 2 aromatic rings. The van der Waals surface area contributed by atoms with E-state index in [1.165, 1.54) is 0 Å². The Hall–Kier alpha value is -2.04. The van der Waals surface area contributed by atoms with Gasteiger partial charge in [0.25, 0.3) is 0 Å². The van der Waals surface area contributed by atoms with Crippen LogP contribution in [-0.2, 0) is 13.0 Å². The van der Waals surface area contributed by atoms with E-state index in [1.807, 2.05) is 0 Å². The topological polar surface area (TPSA) is 81.1 Å². The number of hydrogen-bond acceptors (Lipinski definition) is 3. The minimum absolute atomic E-state index is 0.129. The van der Waals surface area contributed by atoms with Gasteiger partial charge in [-0.05, 0) is 18.6 Å². The highest BCUT2D eigenvalue weighted by Gasteiger charge is 2.18. The van der Waals surface area contributed by atoms with Crippen LogP contribution in [0.15, 0.2) is 12.1 Å². The minimum atomic E-state index is -1.01. The highest BCUT2D eigenvalue weighted by molar-refractivity contribution is 5.98. The molecule has 0 fully saturated rings. The standard InChI is InChI=1S/C11H11N3O2/c12-7-5-9-8(4-6(7)11(15)16)13-10-2-1-3-14(9)10/h4-5H,1-3,12H2,(H,15,16). The van der Waals surface area contributed by atoms with Crippen LogP contribution in [0.3, 0.4) is 0 Å². The maximum Gasteiger partial charge on any atom is 0.337 e. The minimum Gasteiger partial charge on any atom is -0.478 e. The van der Waals surface area contributed by atoms with Crippen LogP contribution in [0.2, 0.25) is 0 Å². The quantitative estimate of drug-likeness (QED) is 0.704. The maximum atomic E-state index is 10.9. The van der Waals surface area contributed by atoms with E-state index in [1.54, 1.807) is 12.1 Å². The van der Waals surface area contributed by atoms with E-state index in [-0.39, 0.29) is 5.56 Å². The predicted molar refractivity (Wildman–Crippen MR) is 59.4 cm³/mol. The van der Waals surface area contributed by atoms with Crippen LogP contribution in [-0.4, -0.2) is 20.6 Å². The molecule has 0 saturated heterocycles. The van der Waals surface area contributed by atoms with Gasteiger partial charge in [0.1, 0.15) is 5.82 Å². The van der Waals surface area contributed by atoms with Crippen molar-refractivity contribution in [2.24, 2.45) is 0 Å². The van der Waals surface area contributed by atoms with Crippen molar-refractivity contribution in [2.75, 3.05) is 5.73 Å². The number of aromatic carboxylic acids is 1. The molecular formula is C11H11N3O2. The first-order valence-electron chi connectivity index (χ1n) is 5.19. The number of fused-ring (bicyclic) bond motifs is 3. The van der Waals surface area contributed by atoms with Crippen molar-refractivity contribution in [1.29, 1.82) is 0 Å². The van der Waals surface area contributed by atoms with E-state index in [9.17, 15) is 4.79 Å². The molecule has 0 bridgehead atoms. The number of hydrogen-bond donors (Lipinski definition) is 2. The number of aromatic nitrogens is 2. The molecule has 1 aliphatic heterocycles. The molecule has 0 unspecified atom stereocenters. The maximum absolute atomic E-state index is 10.9. The molecule has 3 rings (SSSR count). The van der Waals surface area contributed by atoms with Crippen LogP contribution in [0.5, 0.6) is 0 Å². The lowest BCUT2D eigenvalue weighted by atomic mass is 10.1. The van der Waals surface area contributed by atoms with Crippen molar-refractivity contribution in [3.63, 3.8) is 0 Å². The largest absolute Gasteiger partial charge is 0.478 e. The fourth-order valence-electron chi connectivity index (χ4n) is 2.26. The van der Waals surface area contributed by atoms with Gasteiger partial charge >= 0.3 is 5.97 Å². The zero-order chi connectivity index (χ0) is 11.3. The second kappa shape index (κ2) is 2.98. The fourth-order valence-corrected chi connectivity index (χ4v) is 2.26. The number of anilines is 1. The predicted octanol–water partition coefficient (Wildman–Crippen LogP) is 1.26. The summed E-state index contributed by atoms with van der Waals surface area (Å²) in [6, 6.07) is 3.26. The second-order valence-electron chi connectivity index (χ2n) is 4.02. The summed E-state index contributed by atoms with van der Waals surface area (Å²) in [5.74, 6) is 0.0181. The molecule has 0 atom stereocenters. The van der Waals surface area contributed by atoms with Crippen molar-refractivity contribution in [1.82, 2.24) is 9.55 Å². The van der Waals surface area contributed by atoms with Crippen molar-refractivity contribution in [3.05, 3.63) is 23.5 Å². The van der Waals surface area contributed by atoms with Crippen molar-refractivity contribution in [2.45, 2.75) is 19.4 Å². The van der Waals surface area contributed by atoms with Gasteiger partial charge in [-0.3, -0.25) is 0 Å². The Kier molecular flexibility index (Phi) is 1.71. The molecule has 0 aliphatic carbocycles. The molecule has 0 amide bonds. The van der Waals surface area contributed by atoms with E-state index >= 15 is 0 Å². The van der Waals surface area contributed by atoms with Gasteiger partial charge in [0.2, 0.25) is 0 Å². The summed E-state index contributed by atoms with van der Waals surface area (Å²) in [5.41, 5.74) is 7.81. The summed E-state index contributed by atoms with van der Waals surface area (Å²) < 4.78 is 2.11. The van der Waals surface area contributed by atoms with E-state index in [2.05, 4.69) is 9.55 Å². The number of carboxylic acid groups (broad SMARTS) is 1. The molecule has 2 heterocycles. The second-order valence-corrected chi connectivity index (χ2v) is 4.02. The summed E-state index contributed by atoms with van der Waals surface area (Å²) >= 11 is 0. The monoisotopic (exact) mass is 217 g/mol. The number of nitrogens with two attached hydrogens (primary N) is 1. The number of aryl methyl sites for hydroxylation is 2. The third kappa shape index (κ3) is 1.11. The third-order valence-electron chi connectivity index (χ3n) is 3.01. The molecule has 0 spiro atoms. The molecule has 1 aliphatic rings. The molecule has 1 aromatic heterocycles. The number of imidazole rings is 1. The zero-order valence-corrected chi connectivity index (χ0v) is 8.60. The van der Waals surface area contributed by atoms with Gasteiger partial charge in [0, 0.05) is 18.7 Å². The van der Waals surface area contributed by atoms with E-state index < -0.39 is 5.97 Å². The third-order valence-corrected chi connectivity index (χ3v) is 3.01. The molecule has 5 heteroatoms. The van der Waals surface area contributed by atoms with Crippen molar-refractivity contribution < 1.29 is 9.90 Å².